The molecule has 0 saturated heterocycles. The Morgan fingerprint density at radius 3 is 1.91 bits per heavy atom. The third-order valence-corrected chi connectivity index (χ3v) is 13.4. The standard InChI is InChI=1S/C50H29NOS2/c1-2-10-30(11-3-1)35-14-8-9-17-42(35)51(34-20-24-38-39-22-18-31-12-4-6-15-36(31)49(39)52-43(38)29-34)33-21-25-44-41(28-33)48-45(53-44)26-27-46-47(48)40-23-19-32-13-5-7-16-37(32)50(40)54-46/h1-29H. The van der Waals surface area contributed by atoms with Gasteiger partial charge in [-0.05, 0) is 76.3 Å². The average Bonchev–Trinajstić information content (AvgIpc) is 3.92. The molecule has 3 heterocycles. The van der Waals surface area contributed by atoms with Crippen molar-refractivity contribution in [3.63, 3.8) is 0 Å². The fourth-order valence-corrected chi connectivity index (χ4v) is 10.9. The quantitative estimate of drug-likeness (QED) is 0.180. The van der Waals surface area contributed by atoms with Crippen molar-refractivity contribution in [2.45, 2.75) is 0 Å². The van der Waals surface area contributed by atoms with Crippen LogP contribution in [0.25, 0.3) is 95.0 Å². The highest BCUT2D eigenvalue weighted by atomic mass is 32.1. The molecule has 0 spiro atoms. The molecule has 0 aliphatic carbocycles. The number of rotatable bonds is 4. The summed E-state index contributed by atoms with van der Waals surface area (Å²) in [6.45, 7) is 0. The monoisotopic (exact) mass is 723 g/mol. The van der Waals surface area contributed by atoms with Gasteiger partial charge in [-0.3, -0.25) is 0 Å². The summed E-state index contributed by atoms with van der Waals surface area (Å²) in [6.07, 6.45) is 0. The van der Waals surface area contributed by atoms with E-state index in [9.17, 15) is 0 Å². The van der Waals surface area contributed by atoms with E-state index in [-0.39, 0.29) is 0 Å². The van der Waals surface area contributed by atoms with Gasteiger partial charge in [-0.25, -0.2) is 0 Å². The van der Waals surface area contributed by atoms with Gasteiger partial charge in [-0.1, -0.05) is 115 Å². The van der Waals surface area contributed by atoms with Crippen LogP contribution in [0.3, 0.4) is 0 Å². The minimum atomic E-state index is 0.877. The molecule has 9 aromatic carbocycles. The van der Waals surface area contributed by atoms with Crippen LogP contribution in [0.1, 0.15) is 0 Å². The molecule has 0 bridgehead atoms. The Morgan fingerprint density at radius 2 is 1.04 bits per heavy atom. The summed E-state index contributed by atoms with van der Waals surface area (Å²) in [5.41, 5.74) is 7.42. The lowest BCUT2D eigenvalue weighted by Gasteiger charge is -2.28. The molecule has 0 unspecified atom stereocenters. The Kier molecular flexibility index (Phi) is 6.41. The van der Waals surface area contributed by atoms with Crippen molar-refractivity contribution in [2.24, 2.45) is 0 Å². The van der Waals surface area contributed by atoms with E-state index in [1.807, 2.05) is 22.7 Å². The highest BCUT2D eigenvalue weighted by Crippen LogP contribution is 2.49. The Bertz CT molecular complexity index is 3460. The van der Waals surface area contributed by atoms with E-state index in [2.05, 4.69) is 181 Å². The van der Waals surface area contributed by atoms with Gasteiger partial charge in [-0.2, -0.15) is 0 Å². The number of hydrogen-bond acceptors (Lipinski definition) is 4. The number of anilines is 3. The Hall–Kier alpha value is -6.46. The van der Waals surface area contributed by atoms with E-state index in [0.29, 0.717) is 0 Å². The molecule has 0 aliphatic rings. The van der Waals surface area contributed by atoms with E-state index in [4.69, 9.17) is 4.42 Å². The Balaban J connectivity index is 1.13. The number of furan rings is 1. The minimum Gasteiger partial charge on any atom is -0.455 e. The van der Waals surface area contributed by atoms with Crippen molar-refractivity contribution >= 4 is 124 Å². The first-order valence-corrected chi connectivity index (χ1v) is 19.9. The number of nitrogens with zero attached hydrogens (tertiary/aromatic N) is 1. The molecular formula is C50H29NOS2. The van der Waals surface area contributed by atoms with Gasteiger partial charge in [0, 0.05) is 79.5 Å². The molecule has 0 atom stereocenters. The first-order chi connectivity index (χ1) is 26.8. The third-order valence-electron chi connectivity index (χ3n) is 11.0. The van der Waals surface area contributed by atoms with Gasteiger partial charge in [0.25, 0.3) is 0 Å². The maximum Gasteiger partial charge on any atom is 0.143 e. The zero-order valence-corrected chi connectivity index (χ0v) is 30.5. The van der Waals surface area contributed by atoms with Crippen LogP contribution in [0.2, 0.25) is 0 Å². The van der Waals surface area contributed by atoms with Crippen LogP contribution in [0.4, 0.5) is 17.1 Å². The maximum absolute atomic E-state index is 6.75. The van der Waals surface area contributed by atoms with Gasteiger partial charge in [-0.15, -0.1) is 22.7 Å². The SMILES string of the molecule is c1ccc(-c2ccccc2N(c2ccc3c(c2)oc2c4ccccc4ccc32)c2ccc3sc4ccc5sc6c7ccccc7ccc6c5c4c3c2)cc1. The van der Waals surface area contributed by atoms with Crippen LogP contribution in [0.15, 0.2) is 180 Å². The molecule has 12 aromatic rings. The predicted molar refractivity (Wildman–Crippen MR) is 235 cm³/mol. The molecule has 2 nitrogen and oxygen atoms in total. The molecule has 0 saturated carbocycles. The third kappa shape index (κ3) is 4.38. The van der Waals surface area contributed by atoms with Gasteiger partial charge in [0.05, 0.1) is 5.69 Å². The van der Waals surface area contributed by atoms with Crippen LogP contribution in [0, 0.1) is 0 Å². The smallest absolute Gasteiger partial charge is 0.143 e. The van der Waals surface area contributed by atoms with Crippen molar-refractivity contribution < 1.29 is 4.42 Å². The summed E-state index contributed by atoms with van der Waals surface area (Å²) in [5.74, 6) is 0. The van der Waals surface area contributed by atoms with Crippen molar-refractivity contribution in [1.29, 1.82) is 0 Å². The van der Waals surface area contributed by atoms with Crippen molar-refractivity contribution in [2.75, 3.05) is 4.90 Å². The largest absolute Gasteiger partial charge is 0.455 e. The minimum absolute atomic E-state index is 0.877. The fourth-order valence-electron chi connectivity index (χ4n) is 8.58. The molecule has 0 radical (unpaired) electrons. The zero-order valence-electron chi connectivity index (χ0n) is 28.9. The van der Waals surface area contributed by atoms with Crippen LogP contribution in [-0.2, 0) is 0 Å². The van der Waals surface area contributed by atoms with Crippen molar-refractivity contribution in [3.8, 4) is 11.1 Å². The number of benzene rings is 9. The normalized spacial score (nSPS) is 12.1. The number of para-hydroxylation sites is 1. The molecule has 0 N–H and O–H groups in total. The number of hydrogen-bond donors (Lipinski definition) is 0. The molecule has 54 heavy (non-hydrogen) atoms. The highest BCUT2D eigenvalue weighted by molar-refractivity contribution is 7.28. The molecule has 12 rings (SSSR count). The first-order valence-electron chi connectivity index (χ1n) is 18.2. The summed E-state index contributed by atoms with van der Waals surface area (Å²) in [7, 11) is 0. The number of thiophene rings is 2. The second-order valence-electron chi connectivity index (χ2n) is 14.0. The van der Waals surface area contributed by atoms with E-state index < -0.39 is 0 Å². The van der Waals surface area contributed by atoms with E-state index in [1.54, 1.807) is 0 Å². The van der Waals surface area contributed by atoms with Crippen LogP contribution in [0.5, 0.6) is 0 Å². The zero-order chi connectivity index (χ0) is 35.3. The predicted octanol–water partition coefficient (Wildman–Crippen LogP) is 15.8. The van der Waals surface area contributed by atoms with Gasteiger partial charge in [0.2, 0.25) is 0 Å². The second kappa shape index (κ2) is 11.5. The second-order valence-corrected chi connectivity index (χ2v) is 16.2. The molecule has 0 fully saturated rings. The van der Waals surface area contributed by atoms with Gasteiger partial charge in [0.1, 0.15) is 11.2 Å². The molecule has 0 amide bonds. The average molecular weight is 724 g/mol. The van der Waals surface area contributed by atoms with Crippen molar-refractivity contribution in [3.05, 3.63) is 176 Å². The lowest BCUT2D eigenvalue weighted by atomic mass is 10.0. The fraction of sp³-hybridized carbons (Fsp3) is 0. The molecule has 3 aromatic heterocycles. The van der Waals surface area contributed by atoms with E-state index in [0.717, 1.165) is 44.4 Å². The first kappa shape index (κ1) is 30.0. The van der Waals surface area contributed by atoms with Gasteiger partial charge in [0.15, 0.2) is 0 Å². The Morgan fingerprint density at radius 1 is 0.407 bits per heavy atom. The highest BCUT2D eigenvalue weighted by Gasteiger charge is 2.22. The number of fused-ring (bicyclic) bond motifs is 14. The molecular weight excluding hydrogens is 695 g/mol. The van der Waals surface area contributed by atoms with Gasteiger partial charge >= 0.3 is 0 Å². The van der Waals surface area contributed by atoms with E-state index >= 15 is 0 Å². The summed E-state index contributed by atoms with van der Waals surface area (Å²) < 4.78 is 12.0. The van der Waals surface area contributed by atoms with Crippen LogP contribution >= 0.6 is 22.7 Å². The molecule has 252 valence electrons. The van der Waals surface area contributed by atoms with Crippen molar-refractivity contribution in [1.82, 2.24) is 0 Å². The lowest BCUT2D eigenvalue weighted by molar-refractivity contribution is 0.672. The summed E-state index contributed by atoms with van der Waals surface area (Å²) in [5, 5.41) is 12.5. The maximum atomic E-state index is 6.75. The summed E-state index contributed by atoms with van der Waals surface area (Å²) in [6, 6.07) is 64.0. The lowest BCUT2D eigenvalue weighted by Crippen LogP contribution is -2.11. The van der Waals surface area contributed by atoms with Gasteiger partial charge < -0.3 is 9.32 Å². The summed E-state index contributed by atoms with van der Waals surface area (Å²) >= 11 is 3.79. The Labute approximate surface area is 318 Å². The topological polar surface area (TPSA) is 16.4 Å². The molecule has 0 aliphatic heterocycles. The summed E-state index contributed by atoms with van der Waals surface area (Å²) in [4.78, 5) is 2.41. The van der Waals surface area contributed by atoms with Crippen LogP contribution < -0.4 is 4.90 Å². The molecule has 4 heteroatoms. The van der Waals surface area contributed by atoms with E-state index in [1.165, 1.54) is 67.6 Å². The van der Waals surface area contributed by atoms with Crippen LogP contribution in [-0.4, -0.2) is 0 Å².